The molecule has 0 saturated heterocycles. The van der Waals surface area contributed by atoms with E-state index in [9.17, 15) is 25.0 Å². The molecule has 0 saturated carbocycles. The number of methoxy groups -OCH3 is 1. The highest BCUT2D eigenvalue weighted by molar-refractivity contribution is 8.03. The molecule has 0 radical (unpaired) electrons. The Morgan fingerprint density at radius 3 is 2.54 bits per heavy atom. The predicted molar refractivity (Wildman–Crippen MR) is 151 cm³/mol. The number of para-hydroxylation sites is 2. The molecule has 3 N–H and O–H groups in total. The minimum Gasteiger partial charge on any atom is -0.495 e. The molecule has 0 fully saturated rings. The van der Waals surface area contributed by atoms with Crippen molar-refractivity contribution in [2.45, 2.75) is 12.8 Å². The zero-order valence-electron chi connectivity index (χ0n) is 20.9. The van der Waals surface area contributed by atoms with Crippen molar-refractivity contribution in [2.75, 3.05) is 23.5 Å². The topological polar surface area (TPSA) is 146 Å². The molecular formula is C27H23N5O5S2. The molecule has 0 spiro atoms. The number of nitrogens with one attached hydrogen (secondary N) is 3. The molecule has 2 amide bonds. The first-order valence-electron chi connectivity index (χ1n) is 11.6. The fraction of sp³-hybridized carbons (Fsp3) is 0.148. The molecule has 1 aromatic heterocycles. The summed E-state index contributed by atoms with van der Waals surface area (Å²) in [5.74, 6) is -0.888. The van der Waals surface area contributed by atoms with Crippen molar-refractivity contribution < 1.29 is 19.2 Å². The molecule has 39 heavy (non-hydrogen) atoms. The number of carbonyl (C=O) groups is 2. The summed E-state index contributed by atoms with van der Waals surface area (Å²) in [4.78, 5) is 37.3. The number of rotatable bonds is 9. The van der Waals surface area contributed by atoms with Crippen LogP contribution in [0.4, 0.5) is 17.1 Å². The number of nitriles is 1. The van der Waals surface area contributed by atoms with Crippen molar-refractivity contribution in [2.24, 2.45) is 0 Å². The van der Waals surface area contributed by atoms with Crippen LogP contribution in [0, 0.1) is 21.4 Å². The van der Waals surface area contributed by atoms with Crippen molar-refractivity contribution in [3.8, 4) is 11.8 Å². The predicted octanol–water partition coefficient (Wildman–Crippen LogP) is 5.37. The lowest BCUT2D eigenvalue weighted by Crippen LogP contribution is -2.31. The number of dihydropyridines is 1. The average molecular weight is 562 g/mol. The van der Waals surface area contributed by atoms with Gasteiger partial charge >= 0.3 is 0 Å². The van der Waals surface area contributed by atoms with Gasteiger partial charge in [0, 0.05) is 34.0 Å². The zero-order valence-corrected chi connectivity index (χ0v) is 22.5. The van der Waals surface area contributed by atoms with E-state index in [4.69, 9.17) is 4.74 Å². The number of amides is 2. The second-order valence-corrected chi connectivity index (χ2v) is 10.2. The van der Waals surface area contributed by atoms with E-state index >= 15 is 0 Å². The van der Waals surface area contributed by atoms with Crippen LogP contribution in [-0.4, -0.2) is 29.6 Å². The highest BCUT2D eigenvalue weighted by Crippen LogP contribution is 2.42. The van der Waals surface area contributed by atoms with Crippen LogP contribution >= 0.6 is 23.1 Å². The number of benzene rings is 2. The number of allylic oxidation sites excluding steroid dienone is 2. The molecule has 0 unspecified atom stereocenters. The first kappa shape index (κ1) is 27.4. The van der Waals surface area contributed by atoms with Gasteiger partial charge in [0.05, 0.1) is 46.1 Å². The van der Waals surface area contributed by atoms with Gasteiger partial charge in [-0.2, -0.15) is 5.26 Å². The van der Waals surface area contributed by atoms with Crippen LogP contribution in [0.25, 0.3) is 0 Å². The Bertz CT molecular complexity index is 1510. The number of thiophene rings is 1. The summed E-state index contributed by atoms with van der Waals surface area (Å²) in [5, 5.41) is 32.1. The molecule has 1 aliphatic rings. The van der Waals surface area contributed by atoms with Crippen LogP contribution in [-0.2, 0) is 9.59 Å². The minimum atomic E-state index is -0.633. The quantitative estimate of drug-likeness (QED) is 0.233. The monoisotopic (exact) mass is 561 g/mol. The van der Waals surface area contributed by atoms with E-state index in [2.05, 4.69) is 22.0 Å². The Morgan fingerprint density at radius 2 is 1.90 bits per heavy atom. The fourth-order valence-corrected chi connectivity index (χ4v) is 5.74. The van der Waals surface area contributed by atoms with Gasteiger partial charge in [-0.1, -0.05) is 30.0 Å². The number of non-ortho nitro benzene ring substituents is 1. The van der Waals surface area contributed by atoms with E-state index in [1.165, 1.54) is 42.7 Å². The highest BCUT2D eigenvalue weighted by atomic mass is 32.2. The van der Waals surface area contributed by atoms with Crippen LogP contribution < -0.4 is 20.7 Å². The van der Waals surface area contributed by atoms with Gasteiger partial charge in [-0.25, -0.2) is 0 Å². The van der Waals surface area contributed by atoms with Gasteiger partial charge in [-0.3, -0.25) is 19.7 Å². The molecule has 198 valence electrons. The molecule has 1 aliphatic heterocycles. The SMILES string of the molecule is COc1ccccc1NC(=O)C1=C(C)NC(SCC(=O)Nc2ccc([N+](=O)[O-])cc2)=C(C#N)[C@@H]1c1cccs1. The van der Waals surface area contributed by atoms with Crippen LogP contribution in [0.5, 0.6) is 5.75 Å². The number of nitro groups is 1. The number of thioether (sulfide) groups is 1. The van der Waals surface area contributed by atoms with Gasteiger partial charge in [0.2, 0.25) is 5.91 Å². The number of hydrogen-bond donors (Lipinski definition) is 3. The summed E-state index contributed by atoms with van der Waals surface area (Å²) in [7, 11) is 1.52. The summed E-state index contributed by atoms with van der Waals surface area (Å²) in [5.41, 5.74) is 2.10. The number of carbonyl (C=O) groups excluding carboxylic acids is 2. The third-order valence-corrected chi connectivity index (χ3v) is 7.74. The number of ether oxygens (including phenoxy) is 1. The van der Waals surface area contributed by atoms with Crippen molar-refractivity contribution in [3.05, 3.63) is 103 Å². The lowest BCUT2D eigenvalue weighted by Gasteiger charge is -2.29. The maximum atomic E-state index is 13.6. The molecule has 0 bridgehead atoms. The lowest BCUT2D eigenvalue weighted by molar-refractivity contribution is -0.384. The standard InChI is InChI=1S/C27H23N5O5S2/c1-16-24(26(34)31-20-6-3-4-7-21(20)37-2)25(22-8-5-13-38-22)19(14-28)27(29-16)39-15-23(33)30-17-9-11-18(12-10-17)32(35)36/h3-13,25,29H,15H2,1-2H3,(H,30,33)(H,31,34)/t25-/m1/s1. The Morgan fingerprint density at radius 1 is 1.15 bits per heavy atom. The minimum absolute atomic E-state index is 0.0301. The highest BCUT2D eigenvalue weighted by Gasteiger charge is 2.35. The van der Waals surface area contributed by atoms with Crippen LogP contribution in [0.1, 0.15) is 17.7 Å². The van der Waals surface area contributed by atoms with Crippen LogP contribution in [0.2, 0.25) is 0 Å². The molecule has 10 nitrogen and oxygen atoms in total. The summed E-state index contributed by atoms with van der Waals surface area (Å²) in [6.45, 7) is 1.75. The van der Waals surface area contributed by atoms with Crippen molar-refractivity contribution in [3.63, 3.8) is 0 Å². The summed E-state index contributed by atoms with van der Waals surface area (Å²) >= 11 is 2.57. The lowest BCUT2D eigenvalue weighted by atomic mass is 9.86. The van der Waals surface area contributed by atoms with E-state index in [-0.39, 0.29) is 23.3 Å². The van der Waals surface area contributed by atoms with Crippen LogP contribution in [0.3, 0.4) is 0 Å². The maximum Gasteiger partial charge on any atom is 0.269 e. The number of anilines is 2. The molecule has 2 heterocycles. The average Bonchev–Trinajstić information content (AvgIpc) is 3.46. The first-order chi connectivity index (χ1) is 18.8. The van der Waals surface area contributed by atoms with Gasteiger partial charge in [-0.15, -0.1) is 11.3 Å². The Kier molecular flexibility index (Phi) is 8.65. The third kappa shape index (κ3) is 6.28. The summed E-state index contributed by atoms with van der Waals surface area (Å²) < 4.78 is 5.35. The Labute approximate surface area is 232 Å². The normalized spacial score (nSPS) is 14.7. The number of nitro benzene ring substituents is 1. The number of hydrogen-bond acceptors (Lipinski definition) is 9. The fourth-order valence-electron chi connectivity index (χ4n) is 4.01. The first-order valence-corrected chi connectivity index (χ1v) is 13.5. The zero-order chi connectivity index (χ0) is 27.9. The Hall–Kier alpha value is -4.60. The van der Waals surface area contributed by atoms with Crippen molar-refractivity contribution >= 4 is 52.0 Å². The molecular weight excluding hydrogens is 538 g/mol. The van der Waals surface area contributed by atoms with E-state index in [1.807, 2.05) is 17.5 Å². The van der Waals surface area contributed by atoms with Gasteiger partial charge in [0.25, 0.3) is 11.6 Å². The molecule has 3 aromatic rings. The van der Waals surface area contributed by atoms with Crippen molar-refractivity contribution in [1.29, 1.82) is 5.26 Å². The van der Waals surface area contributed by atoms with E-state index in [1.54, 1.807) is 31.2 Å². The maximum absolute atomic E-state index is 13.6. The van der Waals surface area contributed by atoms with Crippen LogP contribution in [0.15, 0.2) is 87.9 Å². The molecule has 1 atom stereocenters. The smallest absolute Gasteiger partial charge is 0.269 e. The molecule has 12 heteroatoms. The van der Waals surface area contributed by atoms with E-state index in [0.717, 1.165) is 16.6 Å². The third-order valence-electron chi connectivity index (χ3n) is 5.78. The van der Waals surface area contributed by atoms with Gasteiger partial charge < -0.3 is 20.7 Å². The number of nitrogens with zero attached hydrogens (tertiary/aromatic N) is 2. The van der Waals surface area contributed by atoms with E-state index in [0.29, 0.717) is 39.0 Å². The second-order valence-electron chi connectivity index (χ2n) is 8.26. The second kappa shape index (κ2) is 12.3. The van der Waals surface area contributed by atoms with Gasteiger partial charge in [-0.05, 0) is 42.6 Å². The largest absolute Gasteiger partial charge is 0.495 e. The summed E-state index contributed by atoms with van der Waals surface area (Å²) in [6.07, 6.45) is 0. The Balaban J connectivity index is 1.56. The summed E-state index contributed by atoms with van der Waals surface area (Å²) in [6, 6.07) is 18.5. The van der Waals surface area contributed by atoms with E-state index < -0.39 is 10.8 Å². The molecule has 2 aromatic carbocycles. The molecule has 0 aliphatic carbocycles. The molecule has 4 rings (SSSR count). The van der Waals surface area contributed by atoms with Gasteiger partial charge in [0.1, 0.15) is 5.75 Å². The van der Waals surface area contributed by atoms with Gasteiger partial charge in [0.15, 0.2) is 0 Å². The van der Waals surface area contributed by atoms with Crippen molar-refractivity contribution in [1.82, 2.24) is 5.32 Å².